The molecule has 6 aromatic carbocycles. The number of aromatic nitrogens is 1. The van der Waals surface area contributed by atoms with E-state index in [9.17, 15) is 52.7 Å². The van der Waals surface area contributed by atoms with Gasteiger partial charge in [-0.2, -0.15) is 4.57 Å². The molecule has 0 spiro atoms. The zero-order valence-electron chi connectivity index (χ0n) is 31.2. The maximum Gasteiger partial charge on any atom is 0.212 e. The van der Waals surface area contributed by atoms with E-state index in [-0.39, 0.29) is 0 Å². The van der Waals surface area contributed by atoms with Crippen molar-refractivity contribution >= 4 is 43.9 Å². The first kappa shape index (κ1) is 48.1. The Kier molecular flexibility index (Phi) is 13.5. The fraction of sp³-hybridized carbons (Fsp3) is 0.0238. The van der Waals surface area contributed by atoms with Gasteiger partial charge < -0.3 is 0 Å². The van der Waals surface area contributed by atoms with Crippen LogP contribution in [0.1, 0.15) is 5.56 Å². The summed E-state index contributed by atoms with van der Waals surface area (Å²) in [4.78, 5) is 0. The fourth-order valence-electron chi connectivity index (χ4n) is 7.15. The molecule has 7 aromatic rings. The smallest absolute Gasteiger partial charge is 0.207 e. The van der Waals surface area contributed by atoms with Gasteiger partial charge in [-0.15, -0.1) is 21.9 Å². The Balaban J connectivity index is 0.000000289. The molecule has 1 aromatic heterocycles. The zero-order valence-corrected chi connectivity index (χ0v) is 32.8. The maximum atomic E-state index is 15.4. The van der Waals surface area contributed by atoms with Crippen LogP contribution in [0, 0.1) is 116 Å². The molecule has 338 valence electrons. The average molecular weight is 1000 g/mol. The molecule has 0 unspecified atom stereocenters. The molecule has 0 saturated carbocycles. The van der Waals surface area contributed by atoms with Crippen LogP contribution in [0.25, 0.3) is 11.3 Å². The predicted octanol–water partition coefficient (Wildman–Crippen LogP) is 10.3. The number of rotatable bonds is 7. The fourth-order valence-corrected chi connectivity index (χ4v) is 7.42. The number of nitrogens with zero attached hydrogens (tertiary/aromatic N) is 1. The first-order chi connectivity index (χ1) is 30.5. The topological polar surface area (TPSA) is 3.88 Å². The highest BCUT2D eigenvalue weighted by molar-refractivity contribution is 9.10. The summed E-state index contributed by atoms with van der Waals surface area (Å²) in [5, 5.41) is 0. The summed E-state index contributed by atoms with van der Waals surface area (Å²) in [5.41, 5.74) is -10.6. The zero-order chi connectivity index (χ0) is 48.1. The van der Waals surface area contributed by atoms with E-state index in [2.05, 4.69) is 99.5 Å². The number of halogens is 21. The van der Waals surface area contributed by atoms with Gasteiger partial charge in [0.25, 0.3) is 0 Å². The lowest BCUT2D eigenvalue weighted by molar-refractivity contribution is -0.677. The van der Waals surface area contributed by atoms with Gasteiger partial charge in [0.2, 0.25) is 5.69 Å². The molecular weight excluding hydrogens is 989 g/mol. The van der Waals surface area contributed by atoms with Crippen LogP contribution in [0.15, 0.2) is 83.5 Å². The molecule has 0 bridgehead atoms. The largest absolute Gasteiger partial charge is 0.212 e. The molecular formula is C42H15BBrF20N. The highest BCUT2D eigenvalue weighted by Crippen LogP contribution is 2.31. The van der Waals surface area contributed by atoms with Gasteiger partial charge in [0, 0.05) is 27.7 Å². The van der Waals surface area contributed by atoms with Crippen LogP contribution in [0.4, 0.5) is 87.8 Å². The monoisotopic (exact) mass is 1000 g/mol. The van der Waals surface area contributed by atoms with Crippen molar-refractivity contribution in [2.24, 2.45) is 0 Å². The Morgan fingerprint density at radius 1 is 0.323 bits per heavy atom. The van der Waals surface area contributed by atoms with Crippen LogP contribution >= 0.6 is 15.9 Å². The van der Waals surface area contributed by atoms with Gasteiger partial charge in [0.1, 0.15) is 52.7 Å². The van der Waals surface area contributed by atoms with E-state index < -0.39 is 144 Å². The molecule has 7 rings (SSSR count). The molecule has 65 heavy (non-hydrogen) atoms. The van der Waals surface area contributed by atoms with E-state index in [1.807, 2.05) is 0 Å². The van der Waals surface area contributed by atoms with Crippen LogP contribution < -0.4 is 26.4 Å². The quantitative estimate of drug-likeness (QED) is 0.0493. The van der Waals surface area contributed by atoms with Crippen molar-refractivity contribution < 1.29 is 92.4 Å². The molecule has 0 aliphatic rings. The summed E-state index contributed by atoms with van der Waals surface area (Å²) in [6, 6.07) is 25.3. The minimum atomic E-state index is -7.22. The molecule has 1 heterocycles. The third-order valence-electron chi connectivity index (χ3n) is 9.98. The van der Waals surface area contributed by atoms with E-state index >= 15 is 35.1 Å². The van der Waals surface area contributed by atoms with Gasteiger partial charge in [-0.05, 0) is 30.3 Å². The number of hydrogen-bond acceptors (Lipinski definition) is 0. The number of hydrogen-bond donors (Lipinski definition) is 0. The Bertz CT molecular complexity index is 2640. The standard InChI is InChI=1S/C24BF20.C18H15BrN/c26-5-1(6(27)14(35)21(42)13(5)34)25(2-7(28)15(36)22(43)16(37)8(2)29,3-9(30)17(38)23(44)18(39)10(3)31)4-11(32)19(40)24(45)20(41)12(4)33;19-17-11-9-16(10-12-17)18-8-4-5-13-20(18)14-15-6-2-1-3-7-15/h;1-13H,14H2/q-1;+1. The van der Waals surface area contributed by atoms with E-state index in [4.69, 9.17) is 0 Å². The lowest BCUT2D eigenvalue weighted by atomic mass is 9.12. The van der Waals surface area contributed by atoms with Crippen LogP contribution in [-0.2, 0) is 6.54 Å². The van der Waals surface area contributed by atoms with Crippen LogP contribution in [0.2, 0.25) is 0 Å². The van der Waals surface area contributed by atoms with Gasteiger partial charge in [-0.25, -0.2) is 87.8 Å². The minimum Gasteiger partial charge on any atom is -0.207 e. The third-order valence-corrected chi connectivity index (χ3v) is 10.5. The highest BCUT2D eigenvalue weighted by atomic mass is 79.9. The minimum absolute atomic E-state index is 0.882. The van der Waals surface area contributed by atoms with E-state index in [0.29, 0.717) is 0 Å². The van der Waals surface area contributed by atoms with Gasteiger partial charge in [0.15, 0.2) is 82.5 Å². The molecule has 0 aliphatic carbocycles. The van der Waals surface area contributed by atoms with Crippen molar-refractivity contribution in [3.63, 3.8) is 0 Å². The van der Waals surface area contributed by atoms with Crippen LogP contribution in [0.3, 0.4) is 0 Å². The second-order valence-corrected chi connectivity index (χ2v) is 14.4. The third kappa shape index (κ3) is 7.86. The second-order valence-electron chi connectivity index (χ2n) is 13.5. The summed E-state index contributed by atoms with van der Waals surface area (Å²) in [6.45, 7) is 0.882. The highest BCUT2D eigenvalue weighted by Gasteiger charge is 2.52. The normalized spacial score (nSPS) is 11.5. The Labute approximate surface area is 358 Å². The van der Waals surface area contributed by atoms with Gasteiger partial charge in [-0.3, -0.25) is 0 Å². The van der Waals surface area contributed by atoms with Crippen molar-refractivity contribution in [1.82, 2.24) is 0 Å². The molecule has 0 amide bonds. The van der Waals surface area contributed by atoms with Crippen molar-refractivity contribution in [3.05, 3.63) is 205 Å². The van der Waals surface area contributed by atoms with Crippen molar-refractivity contribution in [3.8, 4) is 11.3 Å². The lowest BCUT2D eigenvalue weighted by Gasteiger charge is -2.44. The molecule has 0 fully saturated rings. The maximum absolute atomic E-state index is 15.4. The first-order valence-corrected chi connectivity index (χ1v) is 18.3. The van der Waals surface area contributed by atoms with Gasteiger partial charge >= 0.3 is 0 Å². The molecule has 0 aliphatic heterocycles. The van der Waals surface area contributed by atoms with Crippen LogP contribution in [0.5, 0.6) is 0 Å². The predicted molar refractivity (Wildman–Crippen MR) is 195 cm³/mol. The summed E-state index contributed by atoms with van der Waals surface area (Å²) in [7, 11) is 0. The van der Waals surface area contributed by atoms with Crippen molar-refractivity contribution in [1.29, 1.82) is 0 Å². The van der Waals surface area contributed by atoms with Crippen molar-refractivity contribution in [2.45, 2.75) is 6.54 Å². The summed E-state index contributed by atoms with van der Waals surface area (Å²) in [6.07, 6.45) is -5.09. The molecule has 0 saturated heterocycles. The summed E-state index contributed by atoms with van der Waals surface area (Å²) >= 11 is 3.48. The molecule has 23 heteroatoms. The summed E-state index contributed by atoms with van der Waals surface area (Å²) in [5.74, 6) is -71.4. The average Bonchev–Trinajstić information content (AvgIpc) is 3.30. The van der Waals surface area contributed by atoms with E-state index in [1.165, 1.54) is 16.8 Å². The second kappa shape index (κ2) is 18.2. The Hall–Kier alpha value is -6.39. The molecule has 0 N–H and O–H groups in total. The SMILES string of the molecule is Brc1ccc(-c2cccc[n+]2Cc2ccccc2)cc1.Fc1c(F)c(F)c([B-](c2c(F)c(F)c(F)c(F)c2F)(c2c(F)c(F)c(F)c(F)c2F)c2c(F)c(F)c(F)c(F)c2F)c(F)c1F. The van der Waals surface area contributed by atoms with Crippen molar-refractivity contribution in [2.75, 3.05) is 0 Å². The number of benzene rings is 6. The first-order valence-electron chi connectivity index (χ1n) is 17.5. The van der Waals surface area contributed by atoms with Gasteiger partial charge in [-0.1, -0.05) is 46.3 Å². The van der Waals surface area contributed by atoms with Crippen LogP contribution in [-0.4, -0.2) is 6.15 Å². The van der Waals surface area contributed by atoms with E-state index in [1.54, 1.807) is 0 Å². The summed E-state index contributed by atoms with van der Waals surface area (Å²) < 4.78 is 297. The van der Waals surface area contributed by atoms with E-state index in [0.717, 1.165) is 11.0 Å². The number of pyridine rings is 1. The lowest BCUT2D eigenvalue weighted by Crippen LogP contribution is -2.81. The molecule has 1 nitrogen and oxygen atoms in total. The molecule has 0 radical (unpaired) electrons. The Morgan fingerprint density at radius 3 is 0.908 bits per heavy atom. The Morgan fingerprint density at radius 2 is 0.600 bits per heavy atom. The molecule has 0 atom stereocenters. The van der Waals surface area contributed by atoms with Gasteiger partial charge in [0.05, 0.1) is 0 Å².